The quantitative estimate of drug-likeness (QED) is 0.331. The third kappa shape index (κ3) is 6.80. The summed E-state index contributed by atoms with van der Waals surface area (Å²) in [5, 5.41) is 4.85. The Morgan fingerprint density at radius 2 is 2.08 bits per heavy atom. The van der Waals surface area contributed by atoms with Gasteiger partial charge in [-0.05, 0) is 27.7 Å². The van der Waals surface area contributed by atoms with E-state index in [4.69, 9.17) is 9.26 Å². The number of nitrogens with one attached hydrogen (secondary N) is 2. The first-order chi connectivity index (χ1) is 11.2. The van der Waals surface area contributed by atoms with Crippen LogP contribution in [0.4, 0.5) is 4.79 Å². The lowest BCUT2D eigenvalue weighted by Gasteiger charge is -2.23. The standard InChI is InChI=1S/C13H24N3O6PS/c1-5-21-23(20,15-10(4)12(18)22-9(2)3)24-7-6-16-8-11(17)14-13(16)19/h9-10H,5-8H2,1-4H3,(H,15,20)(H,14,17,19)/t10-,23+/m0/s1. The monoisotopic (exact) mass is 381 g/mol. The second-order valence-corrected chi connectivity index (χ2v) is 9.75. The fourth-order valence-corrected chi connectivity index (χ4v) is 5.73. The Balaban J connectivity index is 2.54. The normalized spacial score (nSPS) is 18.5. The molecule has 0 aromatic carbocycles. The van der Waals surface area contributed by atoms with E-state index in [0.29, 0.717) is 0 Å². The molecular weight excluding hydrogens is 357 g/mol. The van der Waals surface area contributed by atoms with Gasteiger partial charge in [0.15, 0.2) is 0 Å². The van der Waals surface area contributed by atoms with Crippen LogP contribution in [-0.2, 0) is 23.4 Å². The minimum absolute atomic E-state index is 0.0110. The largest absolute Gasteiger partial charge is 0.462 e. The molecule has 0 bridgehead atoms. The first-order valence-corrected chi connectivity index (χ1v) is 10.8. The van der Waals surface area contributed by atoms with Gasteiger partial charge in [0.25, 0.3) is 0 Å². The first-order valence-electron chi connectivity index (χ1n) is 7.63. The van der Waals surface area contributed by atoms with Gasteiger partial charge in [0.05, 0.1) is 12.7 Å². The van der Waals surface area contributed by atoms with Crippen molar-refractivity contribution < 1.29 is 28.2 Å². The van der Waals surface area contributed by atoms with Gasteiger partial charge in [-0.1, -0.05) is 11.4 Å². The molecule has 0 radical (unpaired) electrons. The molecule has 2 N–H and O–H groups in total. The summed E-state index contributed by atoms with van der Waals surface area (Å²) in [6, 6.07) is -1.26. The van der Waals surface area contributed by atoms with Crippen molar-refractivity contribution in [1.29, 1.82) is 0 Å². The smallest absolute Gasteiger partial charge is 0.327 e. The van der Waals surface area contributed by atoms with E-state index in [2.05, 4.69) is 10.4 Å². The maximum atomic E-state index is 12.8. The van der Waals surface area contributed by atoms with Crippen molar-refractivity contribution in [3.63, 3.8) is 0 Å². The molecule has 1 fully saturated rings. The van der Waals surface area contributed by atoms with Crippen molar-refractivity contribution in [1.82, 2.24) is 15.3 Å². The Labute approximate surface area is 145 Å². The molecule has 0 saturated carbocycles. The Kier molecular flexibility index (Phi) is 8.21. The molecule has 0 aliphatic carbocycles. The average molecular weight is 381 g/mol. The van der Waals surface area contributed by atoms with Crippen LogP contribution in [0.2, 0.25) is 0 Å². The maximum absolute atomic E-state index is 12.8. The summed E-state index contributed by atoms with van der Waals surface area (Å²) in [4.78, 5) is 35.7. The van der Waals surface area contributed by atoms with Gasteiger partial charge in [-0.2, -0.15) is 0 Å². The predicted molar refractivity (Wildman–Crippen MR) is 90.6 cm³/mol. The number of rotatable bonds is 10. The van der Waals surface area contributed by atoms with Gasteiger partial charge in [0.1, 0.15) is 12.6 Å². The number of hydrogen-bond donors (Lipinski definition) is 2. The number of ether oxygens (including phenoxy) is 1. The number of carbonyl (C=O) groups is 3. The minimum atomic E-state index is -3.34. The van der Waals surface area contributed by atoms with Crippen LogP contribution >= 0.6 is 18.1 Å². The number of amides is 3. The van der Waals surface area contributed by atoms with E-state index in [9.17, 15) is 18.9 Å². The van der Waals surface area contributed by atoms with Gasteiger partial charge in [-0.15, -0.1) is 0 Å². The predicted octanol–water partition coefficient (Wildman–Crippen LogP) is 1.35. The van der Waals surface area contributed by atoms with E-state index in [0.717, 1.165) is 11.4 Å². The van der Waals surface area contributed by atoms with E-state index < -0.39 is 24.8 Å². The summed E-state index contributed by atoms with van der Waals surface area (Å²) >= 11 is 0.985. The molecule has 0 aromatic rings. The van der Waals surface area contributed by atoms with Crippen molar-refractivity contribution >= 4 is 36.0 Å². The highest BCUT2D eigenvalue weighted by molar-refractivity contribution is 8.56. The van der Waals surface area contributed by atoms with Crippen molar-refractivity contribution in [3.8, 4) is 0 Å². The van der Waals surface area contributed by atoms with E-state index >= 15 is 0 Å². The summed E-state index contributed by atoms with van der Waals surface area (Å²) in [5.74, 6) is -0.590. The van der Waals surface area contributed by atoms with E-state index in [1.165, 1.54) is 4.90 Å². The maximum Gasteiger partial charge on any atom is 0.327 e. The Hall–Kier alpha value is -1.09. The van der Waals surface area contributed by atoms with E-state index in [1.54, 1.807) is 27.7 Å². The third-order valence-corrected chi connectivity index (χ3v) is 7.05. The van der Waals surface area contributed by atoms with Crippen LogP contribution in [0.25, 0.3) is 0 Å². The molecule has 138 valence electrons. The molecule has 1 aliphatic heterocycles. The molecular formula is C13H24N3O6PS. The average Bonchev–Trinajstić information content (AvgIpc) is 2.76. The Morgan fingerprint density at radius 1 is 1.42 bits per heavy atom. The van der Waals surface area contributed by atoms with Crippen LogP contribution in [0.5, 0.6) is 0 Å². The lowest BCUT2D eigenvalue weighted by molar-refractivity contribution is -0.149. The Bertz CT molecular complexity index is 530. The lowest BCUT2D eigenvalue weighted by atomic mass is 10.4. The van der Waals surface area contributed by atoms with Crippen LogP contribution < -0.4 is 10.4 Å². The van der Waals surface area contributed by atoms with Crippen molar-refractivity contribution in [2.45, 2.75) is 39.8 Å². The fraction of sp³-hybridized carbons (Fsp3) is 0.769. The topological polar surface area (TPSA) is 114 Å². The number of urea groups is 1. The zero-order chi connectivity index (χ0) is 18.3. The summed E-state index contributed by atoms with van der Waals surface area (Å²) in [6.45, 7) is 3.78. The summed E-state index contributed by atoms with van der Waals surface area (Å²) in [7, 11) is 0. The zero-order valence-corrected chi connectivity index (χ0v) is 15.9. The first kappa shape index (κ1) is 21.0. The molecule has 1 rings (SSSR count). The molecule has 3 amide bonds. The van der Waals surface area contributed by atoms with E-state index in [-0.39, 0.29) is 37.5 Å². The Morgan fingerprint density at radius 3 is 2.58 bits per heavy atom. The van der Waals surface area contributed by atoms with Gasteiger partial charge < -0.3 is 14.2 Å². The summed E-state index contributed by atoms with van der Waals surface area (Å²) in [5.41, 5.74) is 0. The van der Waals surface area contributed by atoms with Gasteiger partial charge in [0.2, 0.25) is 5.91 Å². The molecule has 1 saturated heterocycles. The molecule has 0 unspecified atom stereocenters. The highest BCUT2D eigenvalue weighted by Crippen LogP contribution is 2.56. The van der Waals surface area contributed by atoms with Crippen LogP contribution in [0.15, 0.2) is 0 Å². The number of nitrogens with zero attached hydrogens (tertiary/aromatic N) is 1. The van der Waals surface area contributed by atoms with Crippen LogP contribution in [0.1, 0.15) is 27.7 Å². The van der Waals surface area contributed by atoms with Crippen molar-refractivity contribution in [3.05, 3.63) is 0 Å². The molecule has 2 atom stereocenters. The molecule has 0 spiro atoms. The van der Waals surface area contributed by atoms with Crippen LogP contribution in [-0.4, -0.2) is 60.4 Å². The number of carbonyl (C=O) groups excluding carboxylic acids is 3. The lowest BCUT2D eigenvalue weighted by Crippen LogP contribution is -2.35. The third-order valence-electron chi connectivity index (χ3n) is 2.85. The SMILES string of the molecule is CCO[P@](=O)(N[C@@H](C)C(=O)OC(C)C)SCCN1CC(=O)NC1=O. The fourth-order valence-electron chi connectivity index (χ4n) is 1.84. The van der Waals surface area contributed by atoms with Gasteiger partial charge in [0, 0.05) is 12.3 Å². The second-order valence-electron chi connectivity index (χ2n) is 5.36. The van der Waals surface area contributed by atoms with Gasteiger partial charge in [-0.3, -0.25) is 19.5 Å². The highest BCUT2D eigenvalue weighted by atomic mass is 32.7. The number of imide groups is 1. The molecule has 1 heterocycles. The van der Waals surface area contributed by atoms with Gasteiger partial charge in [-0.25, -0.2) is 9.88 Å². The van der Waals surface area contributed by atoms with Crippen LogP contribution in [0.3, 0.4) is 0 Å². The van der Waals surface area contributed by atoms with Crippen molar-refractivity contribution in [2.75, 3.05) is 25.4 Å². The number of esters is 1. The molecule has 11 heteroatoms. The second kappa shape index (κ2) is 9.41. The molecule has 24 heavy (non-hydrogen) atoms. The van der Waals surface area contributed by atoms with E-state index in [1.807, 2.05) is 0 Å². The zero-order valence-electron chi connectivity index (χ0n) is 14.2. The van der Waals surface area contributed by atoms with Gasteiger partial charge >= 0.3 is 18.7 Å². The summed E-state index contributed by atoms with van der Waals surface area (Å²) in [6.07, 6.45) is -0.271. The molecule has 9 nitrogen and oxygen atoms in total. The molecule has 1 aliphatic rings. The van der Waals surface area contributed by atoms with Crippen LogP contribution in [0, 0.1) is 0 Å². The number of hydrogen-bond acceptors (Lipinski definition) is 7. The summed E-state index contributed by atoms with van der Waals surface area (Å²) < 4.78 is 23.1. The highest BCUT2D eigenvalue weighted by Gasteiger charge is 2.31. The molecule has 0 aromatic heterocycles. The van der Waals surface area contributed by atoms with Crippen molar-refractivity contribution in [2.24, 2.45) is 0 Å². The minimum Gasteiger partial charge on any atom is -0.462 e.